The molecule has 0 saturated carbocycles. The summed E-state index contributed by atoms with van der Waals surface area (Å²) in [6.07, 6.45) is -0.0324. The first-order valence-corrected chi connectivity index (χ1v) is 4.00. The van der Waals surface area contributed by atoms with Gasteiger partial charge >= 0.3 is 0 Å². The van der Waals surface area contributed by atoms with Gasteiger partial charge in [0.25, 0.3) is 5.69 Å². The van der Waals surface area contributed by atoms with Crippen LogP contribution in [0.1, 0.15) is 16.8 Å². The largest absolute Gasteiger partial charge is 0.507 e. The SMILES string of the molecule is O=CCC(=O)c1cc([N+](=O)[O-])ccc1O. The van der Waals surface area contributed by atoms with Crippen molar-refractivity contribution in [3.05, 3.63) is 33.9 Å². The highest BCUT2D eigenvalue weighted by Crippen LogP contribution is 2.23. The number of nitro groups is 1. The van der Waals surface area contributed by atoms with Crippen molar-refractivity contribution in [1.82, 2.24) is 0 Å². The molecule has 0 saturated heterocycles. The number of carbonyl (C=O) groups is 2. The normalized spacial score (nSPS) is 9.60. The number of rotatable bonds is 4. The van der Waals surface area contributed by atoms with Gasteiger partial charge in [-0.3, -0.25) is 14.9 Å². The molecule has 0 aliphatic carbocycles. The molecule has 1 aromatic carbocycles. The Morgan fingerprint density at radius 1 is 1.53 bits per heavy atom. The number of non-ortho nitro benzene ring substituents is 1. The Labute approximate surface area is 84.3 Å². The van der Waals surface area contributed by atoms with Crippen LogP contribution >= 0.6 is 0 Å². The summed E-state index contributed by atoms with van der Waals surface area (Å²) in [5.74, 6) is -1.02. The van der Waals surface area contributed by atoms with Crippen molar-refractivity contribution in [3.8, 4) is 5.75 Å². The van der Waals surface area contributed by atoms with E-state index in [9.17, 15) is 24.8 Å². The number of aromatic hydroxyl groups is 1. The number of nitrogens with zero attached hydrogens (tertiary/aromatic N) is 1. The second kappa shape index (κ2) is 4.32. The van der Waals surface area contributed by atoms with Crippen molar-refractivity contribution in [2.24, 2.45) is 0 Å². The molecule has 0 aliphatic heterocycles. The number of benzene rings is 1. The minimum Gasteiger partial charge on any atom is -0.507 e. The Morgan fingerprint density at radius 3 is 2.73 bits per heavy atom. The molecular weight excluding hydrogens is 202 g/mol. The number of Topliss-reactive ketones (excluding diaryl/α,β-unsaturated/α-hetero) is 1. The summed E-state index contributed by atoms with van der Waals surface area (Å²) in [5.41, 5.74) is -0.515. The molecule has 0 heterocycles. The number of hydrogen-bond acceptors (Lipinski definition) is 5. The zero-order valence-electron chi connectivity index (χ0n) is 7.54. The van der Waals surface area contributed by atoms with E-state index in [-0.39, 0.29) is 17.0 Å². The molecule has 1 rings (SSSR count). The summed E-state index contributed by atoms with van der Waals surface area (Å²) in [6.45, 7) is 0. The Morgan fingerprint density at radius 2 is 2.20 bits per heavy atom. The zero-order valence-corrected chi connectivity index (χ0v) is 7.54. The lowest BCUT2D eigenvalue weighted by atomic mass is 10.1. The Balaban J connectivity index is 3.15. The standard InChI is InChI=1S/C9H7NO5/c11-4-3-9(13)7-5-6(10(14)15)1-2-8(7)12/h1-2,4-5,12H,3H2. The molecule has 78 valence electrons. The Hall–Kier alpha value is -2.24. The van der Waals surface area contributed by atoms with Gasteiger partial charge in [0.2, 0.25) is 0 Å². The van der Waals surface area contributed by atoms with E-state index < -0.39 is 17.1 Å². The maximum absolute atomic E-state index is 11.2. The van der Waals surface area contributed by atoms with Gasteiger partial charge in [0.1, 0.15) is 12.0 Å². The molecule has 0 bridgehead atoms. The van der Waals surface area contributed by atoms with Crippen molar-refractivity contribution in [1.29, 1.82) is 0 Å². The summed E-state index contributed by atoms with van der Waals surface area (Å²) in [4.78, 5) is 31.0. The van der Waals surface area contributed by atoms with Crippen LogP contribution in [0.3, 0.4) is 0 Å². The molecule has 15 heavy (non-hydrogen) atoms. The fourth-order valence-electron chi connectivity index (χ4n) is 1.05. The molecule has 0 radical (unpaired) electrons. The summed E-state index contributed by atoms with van der Waals surface area (Å²) in [5, 5.41) is 19.6. The highest BCUT2D eigenvalue weighted by molar-refractivity contribution is 6.04. The third-order valence-corrected chi connectivity index (χ3v) is 1.76. The number of phenolic OH excluding ortho intramolecular Hbond substituents is 1. The van der Waals surface area contributed by atoms with Gasteiger partial charge in [-0.1, -0.05) is 0 Å². The first-order valence-electron chi connectivity index (χ1n) is 4.00. The fourth-order valence-corrected chi connectivity index (χ4v) is 1.05. The number of phenols is 1. The molecule has 0 spiro atoms. The van der Waals surface area contributed by atoms with Crippen LogP contribution in [0.4, 0.5) is 5.69 Å². The smallest absolute Gasteiger partial charge is 0.270 e. The molecule has 0 aromatic heterocycles. The van der Waals surface area contributed by atoms with Crippen LogP contribution in [0.2, 0.25) is 0 Å². The lowest BCUT2D eigenvalue weighted by Gasteiger charge is -2.00. The molecule has 0 amide bonds. The molecule has 0 fully saturated rings. The van der Waals surface area contributed by atoms with Crippen LogP contribution in [-0.2, 0) is 4.79 Å². The number of hydrogen-bond donors (Lipinski definition) is 1. The van der Waals surface area contributed by atoms with Gasteiger partial charge in [-0.05, 0) is 6.07 Å². The predicted molar refractivity (Wildman–Crippen MR) is 49.8 cm³/mol. The van der Waals surface area contributed by atoms with Gasteiger partial charge in [-0.15, -0.1) is 0 Å². The summed E-state index contributed by atoms with van der Waals surface area (Å²) in [6, 6.07) is 3.07. The van der Waals surface area contributed by atoms with Crippen molar-refractivity contribution in [3.63, 3.8) is 0 Å². The molecule has 6 heteroatoms. The average Bonchev–Trinajstić information content (AvgIpc) is 2.18. The van der Waals surface area contributed by atoms with E-state index >= 15 is 0 Å². The minimum absolute atomic E-state index is 0.212. The summed E-state index contributed by atoms with van der Waals surface area (Å²) in [7, 11) is 0. The van der Waals surface area contributed by atoms with Gasteiger partial charge in [-0.2, -0.15) is 0 Å². The van der Waals surface area contributed by atoms with Crippen LogP contribution < -0.4 is 0 Å². The van der Waals surface area contributed by atoms with Crippen molar-refractivity contribution in [2.45, 2.75) is 6.42 Å². The third kappa shape index (κ3) is 2.37. The second-order valence-corrected chi connectivity index (χ2v) is 2.75. The van der Waals surface area contributed by atoms with E-state index in [1.165, 1.54) is 0 Å². The molecular formula is C9H7NO5. The van der Waals surface area contributed by atoms with Gasteiger partial charge in [0, 0.05) is 12.1 Å². The lowest BCUT2D eigenvalue weighted by molar-refractivity contribution is -0.384. The molecule has 1 N–H and O–H groups in total. The van der Waals surface area contributed by atoms with Gasteiger partial charge in [0.05, 0.1) is 16.9 Å². The molecule has 0 atom stereocenters. The maximum atomic E-state index is 11.2. The quantitative estimate of drug-likeness (QED) is 0.263. The average molecular weight is 209 g/mol. The second-order valence-electron chi connectivity index (χ2n) is 2.75. The Bertz CT molecular complexity index is 427. The lowest BCUT2D eigenvalue weighted by Crippen LogP contribution is -2.01. The zero-order chi connectivity index (χ0) is 11.4. The summed E-state index contributed by atoms with van der Waals surface area (Å²) < 4.78 is 0. The van der Waals surface area contributed by atoms with E-state index in [1.54, 1.807) is 0 Å². The first kappa shape index (κ1) is 10.8. The van der Waals surface area contributed by atoms with Gasteiger partial charge < -0.3 is 9.90 Å². The van der Waals surface area contributed by atoms with E-state index in [2.05, 4.69) is 0 Å². The molecule has 0 aliphatic rings. The number of carbonyl (C=O) groups excluding carboxylic acids is 2. The van der Waals surface area contributed by atoms with E-state index in [1.807, 2.05) is 0 Å². The number of ketones is 1. The first-order chi connectivity index (χ1) is 7.06. The van der Waals surface area contributed by atoms with Crippen LogP contribution in [0.5, 0.6) is 5.75 Å². The molecule has 0 unspecified atom stereocenters. The molecule has 1 aromatic rings. The highest BCUT2D eigenvalue weighted by Gasteiger charge is 2.15. The number of aldehydes is 1. The summed E-state index contributed by atoms with van der Waals surface area (Å²) >= 11 is 0. The van der Waals surface area contributed by atoms with Crippen molar-refractivity contribution in [2.75, 3.05) is 0 Å². The maximum Gasteiger partial charge on any atom is 0.270 e. The monoisotopic (exact) mass is 209 g/mol. The highest BCUT2D eigenvalue weighted by atomic mass is 16.6. The topological polar surface area (TPSA) is 97.5 Å². The molecule has 6 nitrogen and oxygen atoms in total. The van der Waals surface area contributed by atoms with Crippen LogP contribution in [0, 0.1) is 10.1 Å². The minimum atomic E-state index is -0.683. The fraction of sp³-hybridized carbons (Fsp3) is 0.111. The van der Waals surface area contributed by atoms with E-state index in [4.69, 9.17) is 0 Å². The van der Waals surface area contributed by atoms with Gasteiger partial charge in [0.15, 0.2) is 5.78 Å². The Kier molecular flexibility index (Phi) is 3.12. The number of nitro benzene ring substituents is 1. The van der Waals surface area contributed by atoms with Crippen molar-refractivity contribution < 1.29 is 19.6 Å². The van der Waals surface area contributed by atoms with Crippen LogP contribution in [0.25, 0.3) is 0 Å². The van der Waals surface area contributed by atoms with Gasteiger partial charge in [-0.25, -0.2) is 0 Å². The van der Waals surface area contributed by atoms with Crippen LogP contribution in [0.15, 0.2) is 18.2 Å². The van der Waals surface area contributed by atoms with Crippen molar-refractivity contribution >= 4 is 17.8 Å². The predicted octanol–water partition coefficient (Wildman–Crippen LogP) is 1.07. The van der Waals surface area contributed by atoms with E-state index in [0.29, 0.717) is 6.29 Å². The third-order valence-electron chi connectivity index (χ3n) is 1.76. The van der Waals surface area contributed by atoms with E-state index in [0.717, 1.165) is 18.2 Å². The van der Waals surface area contributed by atoms with Crippen LogP contribution in [-0.4, -0.2) is 22.1 Å².